The number of Topliss-reactive ketones (excluding diaryl/α,β-unsaturated/α-hetero) is 1. The van der Waals surface area contributed by atoms with E-state index in [0.29, 0.717) is 17.8 Å². The van der Waals surface area contributed by atoms with Crippen LogP contribution in [0.15, 0.2) is 42.5 Å². The van der Waals surface area contributed by atoms with Gasteiger partial charge < -0.3 is 9.64 Å². The summed E-state index contributed by atoms with van der Waals surface area (Å²) in [5, 5.41) is 11.3. The van der Waals surface area contributed by atoms with E-state index in [-0.39, 0.29) is 11.5 Å². The summed E-state index contributed by atoms with van der Waals surface area (Å²) < 4.78 is 5.11. The van der Waals surface area contributed by atoms with E-state index in [1.807, 2.05) is 24.3 Å². The van der Waals surface area contributed by atoms with E-state index in [1.54, 1.807) is 31.2 Å². The number of rotatable bonds is 6. The minimum atomic E-state index is -0.466. The third kappa shape index (κ3) is 3.85. The first-order valence-corrected chi connectivity index (χ1v) is 7.06. The molecule has 0 aliphatic heterocycles. The predicted molar refractivity (Wildman–Crippen MR) is 88.2 cm³/mol. The van der Waals surface area contributed by atoms with Gasteiger partial charge in [-0.15, -0.1) is 0 Å². The summed E-state index contributed by atoms with van der Waals surface area (Å²) >= 11 is 0. The van der Waals surface area contributed by atoms with Crippen LogP contribution < -0.4 is 9.64 Å². The molecule has 2 aromatic rings. The lowest BCUT2D eigenvalue weighted by atomic mass is 10.1. The summed E-state index contributed by atoms with van der Waals surface area (Å²) in [5.74, 6) is 0.561. The predicted octanol–water partition coefficient (Wildman–Crippen LogP) is 3.44. The van der Waals surface area contributed by atoms with Crippen molar-refractivity contribution in [2.45, 2.75) is 13.5 Å². The molecule has 6 heteroatoms. The Kier molecular flexibility index (Phi) is 4.95. The fourth-order valence-corrected chi connectivity index (χ4v) is 2.30. The molecule has 0 atom stereocenters. The summed E-state index contributed by atoms with van der Waals surface area (Å²) in [6.07, 6.45) is 0. The monoisotopic (exact) mass is 314 g/mol. The minimum Gasteiger partial charge on any atom is -0.497 e. The summed E-state index contributed by atoms with van der Waals surface area (Å²) in [6.45, 7) is 1.89. The van der Waals surface area contributed by atoms with Crippen molar-refractivity contribution in [3.63, 3.8) is 0 Å². The number of benzene rings is 2. The largest absolute Gasteiger partial charge is 0.497 e. The Hall–Kier alpha value is -2.89. The normalized spacial score (nSPS) is 10.2. The number of carbonyl (C=O) groups is 1. The summed E-state index contributed by atoms with van der Waals surface area (Å²) in [5.41, 5.74) is 1.72. The number of nitro benzene ring substituents is 1. The highest BCUT2D eigenvalue weighted by molar-refractivity contribution is 5.95. The van der Waals surface area contributed by atoms with Crippen molar-refractivity contribution in [2.24, 2.45) is 0 Å². The zero-order chi connectivity index (χ0) is 17.0. The van der Waals surface area contributed by atoms with Crippen LogP contribution in [0.2, 0.25) is 0 Å². The Bertz CT molecular complexity index is 726. The second kappa shape index (κ2) is 6.91. The third-order valence-electron chi connectivity index (χ3n) is 3.57. The van der Waals surface area contributed by atoms with Gasteiger partial charge >= 0.3 is 0 Å². The molecular formula is C17H18N2O4. The topological polar surface area (TPSA) is 72.7 Å². The molecule has 6 nitrogen and oxygen atoms in total. The first kappa shape index (κ1) is 16.5. The fraction of sp³-hybridized carbons (Fsp3) is 0.235. The zero-order valence-electron chi connectivity index (χ0n) is 13.3. The molecule has 0 N–H and O–H groups in total. The molecule has 0 fully saturated rings. The Morgan fingerprint density at radius 1 is 1.22 bits per heavy atom. The van der Waals surface area contributed by atoms with Crippen LogP contribution >= 0.6 is 0 Å². The number of nitrogens with zero attached hydrogens (tertiary/aromatic N) is 2. The number of anilines is 1. The van der Waals surface area contributed by atoms with Gasteiger partial charge in [0.05, 0.1) is 12.0 Å². The molecule has 2 aromatic carbocycles. The maximum absolute atomic E-state index is 11.4. The van der Waals surface area contributed by atoms with E-state index < -0.39 is 4.92 Å². The van der Waals surface area contributed by atoms with Gasteiger partial charge in [-0.25, -0.2) is 0 Å². The molecule has 0 radical (unpaired) electrons. The van der Waals surface area contributed by atoms with Gasteiger partial charge in [-0.3, -0.25) is 14.9 Å². The Balaban J connectivity index is 2.28. The molecule has 0 bridgehead atoms. The third-order valence-corrected chi connectivity index (χ3v) is 3.57. The second-order valence-corrected chi connectivity index (χ2v) is 5.22. The molecule has 0 amide bonds. The molecule has 0 aliphatic rings. The summed E-state index contributed by atoms with van der Waals surface area (Å²) in [4.78, 5) is 24.0. The van der Waals surface area contributed by atoms with E-state index >= 15 is 0 Å². The molecule has 2 rings (SSSR count). The van der Waals surface area contributed by atoms with E-state index in [2.05, 4.69) is 0 Å². The molecule has 23 heavy (non-hydrogen) atoms. The summed E-state index contributed by atoms with van der Waals surface area (Å²) in [6, 6.07) is 12.0. The maximum atomic E-state index is 11.4. The van der Waals surface area contributed by atoms with Gasteiger partial charge in [-0.1, -0.05) is 12.1 Å². The van der Waals surface area contributed by atoms with Crippen LogP contribution in [0.4, 0.5) is 11.4 Å². The van der Waals surface area contributed by atoms with Gasteiger partial charge in [0.25, 0.3) is 5.69 Å². The van der Waals surface area contributed by atoms with Crippen LogP contribution in [0.25, 0.3) is 0 Å². The van der Waals surface area contributed by atoms with Crippen molar-refractivity contribution >= 4 is 17.2 Å². The van der Waals surface area contributed by atoms with Crippen molar-refractivity contribution in [1.29, 1.82) is 0 Å². The lowest BCUT2D eigenvalue weighted by molar-refractivity contribution is -0.384. The highest BCUT2D eigenvalue weighted by Gasteiger charge is 2.19. The van der Waals surface area contributed by atoms with Crippen molar-refractivity contribution < 1.29 is 14.5 Å². The number of nitro groups is 1. The Labute approximate surface area is 134 Å². The van der Waals surface area contributed by atoms with Crippen LogP contribution in [0.3, 0.4) is 0 Å². The number of hydrogen-bond donors (Lipinski definition) is 0. The van der Waals surface area contributed by atoms with Crippen LogP contribution in [0.5, 0.6) is 5.75 Å². The number of ketones is 1. The van der Waals surface area contributed by atoms with Gasteiger partial charge in [0.2, 0.25) is 0 Å². The number of ether oxygens (including phenoxy) is 1. The minimum absolute atomic E-state index is 0.0753. The first-order valence-electron chi connectivity index (χ1n) is 7.06. The molecule has 120 valence electrons. The van der Waals surface area contributed by atoms with Crippen molar-refractivity contribution in [3.05, 3.63) is 63.7 Å². The van der Waals surface area contributed by atoms with E-state index in [1.165, 1.54) is 13.0 Å². The lowest BCUT2D eigenvalue weighted by Crippen LogP contribution is -2.18. The van der Waals surface area contributed by atoms with Crippen LogP contribution in [-0.4, -0.2) is 24.9 Å². The zero-order valence-corrected chi connectivity index (χ0v) is 13.3. The molecule has 0 aromatic heterocycles. The molecule has 0 aliphatic carbocycles. The van der Waals surface area contributed by atoms with Gasteiger partial charge in [0, 0.05) is 25.2 Å². The Morgan fingerprint density at radius 2 is 1.87 bits per heavy atom. The van der Waals surface area contributed by atoms with Gasteiger partial charge in [-0.05, 0) is 36.8 Å². The first-order chi connectivity index (χ1) is 10.9. The van der Waals surface area contributed by atoms with Crippen LogP contribution in [0.1, 0.15) is 22.8 Å². The molecule has 0 spiro atoms. The van der Waals surface area contributed by atoms with Crippen molar-refractivity contribution in [3.8, 4) is 5.75 Å². The highest BCUT2D eigenvalue weighted by atomic mass is 16.6. The fourth-order valence-electron chi connectivity index (χ4n) is 2.30. The van der Waals surface area contributed by atoms with Crippen molar-refractivity contribution in [2.75, 3.05) is 19.1 Å². The van der Waals surface area contributed by atoms with E-state index in [9.17, 15) is 14.9 Å². The molecule has 0 saturated heterocycles. The summed E-state index contributed by atoms with van der Waals surface area (Å²) in [7, 11) is 3.38. The molecular weight excluding hydrogens is 296 g/mol. The highest BCUT2D eigenvalue weighted by Crippen LogP contribution is 2.29. The number of hydrogen-bond acceptors (Lipinski definition) is 5. The average Bonchev–Trinajstić information content (AvgIpc) is 2.54. The number of carbonyl (C=O) groups excluding carboxylic acids is 1. The molecule has 0 unspecified atom stereocenters. The standard InChI is InChI=1S/C17H18N2O4/c1-12(20)14-6-9-16(17(10-14)19(21)22)18(2)11-13-4-7-15(23-3)8-5-13/h4-10H,11H2,1-3H3. The van der Waals surface area contributed by atoms with Crippen molar-refractivity contribution in [1.82, 2.24) is 0 Å². The van der Waals surface area contributed by atoms with Crippen LogP contribution in [0, 0.1) is 10.1 Å². The molecule has 0 heterocycles. The Morgan fingerprint density at radius 3 is 2.39 bits per heavy atom. The van der Waals surface area contributed by atoms with Crippen LogP contribution in [-0.2, 0) is 6.54 Å². The maximum Gasteiger partial charge on any atom is 0.293 e. The second-order valence-electron chi connectivity index (χ2n) is 5.22. The van der Waals surface area contributed by atoms with E-state index in [0.717, 1.165) is 11.3 Å². The number of methoxy groups -OCH3 is 1. The molecule has 0 saturated carbocycles. The quantitative estimate of drug-likeness (QED) is 0.464. The average molecular weight is 314 g/mol. The smallest absolute Gasteiger partial charge is 0.293 e. The van der Waals surface area contributed by atoms with Gasteiger partial charge in [0.15, 0.2) is 5.78 Å². The van der Waals surface area contributed by atoms with Gasteiger partial charge in [-0.2, -0.15) is 0 Å². The van der Waals surface area contributed by atoms with Gasteiger partial charge in [0.1, 0.15) is 11.4 Å². The lowest BCUT2D eigenvalue weighted by Gasteiger charge is -2.19. The SMILES string of the molecule is COc1ccc(CN(C)c2ccc(C(C)=O)cc2[N+](=O)[O-])cc1. The van der Waals surface area contributed by atoms with E-state index in [4.69, 9.17) is 4.74 Å².